The van der Waals surface area contributed by atoms with Crippen LogP contribution in [0.15, 0.2) is 22.7 Å². The highest BCUT2D eigenvalue weighted by Gasteiger charge is 2.50. The second-order valence-corrected chi connectivity index (χ2v) is 6.11. The third kappa shape index (κ3) is 2.63. The normalized spacial score (nSPS) is 24.5. The maximum Gasteiger partial charge on any atom is 0.451 e. The van der Waals surface area contributed by atoms with E-state index in [9.17, 15) is 9.90 Å². The van der Waals surface area contributed by atoms with Crippen LogP contribution in [0.2, 0.25) is 6.32 Å². The zero-order valence-electron chi connectivity index (χ0n) is 10.9. The second kappa shape index (κ2) is 5.85. The predicted octanol–water partition coefficient (Wildman–Crippen LogP) is 1.11. The molecule has 0 aliphatic heterocycles. The molecule has 1 aliphatic carbocycles. The molecule has 0 unspecified atom stereocenters. The molecule has 5 nitrogen and oxygen atoms in total. The number of hydrogen-bond acceptors (Lipinski definition) is 4. The molecule has 7 heteroatoms. The van der Waals surface area contributed by atoms with Crippen LogP contribution in [0, 0.1) is 5.92 Å². The van der Waals surface area contributed by atoms with Gasteiger partial charge in [-0.2, -0.15) is 0 Å². The van der Waals surface area contributed by atoms with Gasteiger partial charge in [-0.3, -0.25) is 0 Å². The number of nitrogens with two attached hydrogens (primary N) is 1. The first-order valence-electron chi connectivity index (χ1n) is 6.53. The van der Waals surface area contributed by atoms with Crippen molar-refractivity contribution in [1.82, 2.24) is 0 Å². The minimum absolute atomic E-state index is 0.226. The van der Waals surface area contributed by atoms with E-state index in [4.69, 9.17) is 15.8 Å². The van der Waals surface area contributed by atoms with Gasteiger partial charge in [-0.1, -0.05) is 34.5 Å². The summed E-state index contributed by atoms with van der Waals surface area (Å²) in [5.41, 5.74) is 6.38. The minimum atomic E-state index is -1.40. The van der Waals surface area contributed by atoms with Gasteiger partial charge in [0, 0.05) is 4.47 Å². The van der Waals surface area contributed by atoms with Gasteiger partial charge in [0.15, 0.2) is 0 Å². The molecule has 1 aromatic rings. The number of carboxylic acid groups (broad SMARTS) is 1. The highest BCUT2D eigenvalue weighted by Crippen LogP contribution is 2.44. The van der Waals surface area contributed by atoms with Gasteiger partial charge in [0.05, 0.1) is 0 Å². The quantitative estimate of drug-likeness (QED) is 0.601. The van der Waals surface area contributed by atoms with Gasteiger partial charge in [-0.25, -0.2) is 4.79 Å². The first-order valence-corrected chi connectivity index (χ1v) is 7.33. The third-order valence-electron chi connectivity index (χ3n) is 4.03. The Bertz CT molecular complexity index is 525. The van der Waals surface area contributed by atoms with Crippen molar-refractivity contribution in [2.45, 2.75) is 31.1 Å². The molecule has 5 N–H and O–H groups in total. The van der Waals surface area contributed by atoms with Crippen LogP contribution in [0.25, 0.3) is 0 Å². The molecule has 0 amide bonds. The Morgan fingerprint density at radius 2 is 2.20 bits per heavy atom. The van der Waals surface area contributed by atoms with Crippen molar-refractivity contribution in [3.63, 3.8) is 0 Å². The number of carbonyl (C=O) groups is 1. The molecule has 0 saturated carbocycles. The van der Waals surface area contributed by atoms with Crippen molar-refractivity contribution in [3.05, 3.63) is 33.8 Å². The van der Waals surface area contributed by atoms with Crippen LogP contribution in [-0.2, 0) is 16.8 Å². The van der Waals surface area contributed by atoms with Crippen LogP contribution >= 0.6 is 15.9 Å². The van der Waals surface area contributed by atoms with Crippen LogP contribution < -0.4 is 5.73 Å². The van der Waals surface area contributed by atoms with Gasteiger partial charge in [-0.15, -0.1) is 0 Å². The molecule has 0 aromatic heterocycles. The minimum Gasteiger partial charge on any atom is -0.480 e. The summed E-state index contributed by atoms with van der Waals surface area (Å²) in [5, 5.41) is 27.3. The summed E-state index contributed by atoms with van der Waals surface area (Å²) in [5.74, 6) is -1.28. The van der Waals surface area contributed by atoms with Crippen molar-refractivity contribution in [1.29, 1.82) is 0 Å². The van der Waals surface area contributed by atoms with Gasteiger partial charge in [0.25, 0.3) is 0 Å². The van der Waals surface area contributed by atoms with E-state index in [1.54, 1.807) is 12.1 Å². The van der Waals surface area contributed by atoms with Crippen molar-refractivity contribution in [2.24, 2.45) is 11.7 Å². The summed E-state index contributed by atoms with van der Waals surface area (Å²) in [4.78, 5) is 11.7. The van der Waals surface area contributed by atoms with Gasteiger partial charge in [0.1, 0.15) is 5.54 Å². The summed E-state index contributed by atoms with van der Waals surface area (Å²) in [6.45, 7) is 0. The monoisotopic (exact) mass is 341 g/mol. The fourth-order valence-corrected chi connectivity index (χ4v) is 3.48. The van der Waals surface area contributed by atoms with E-state index in [-0.39, 0.29) is 12.2 Å². The smallest absolute Gasteiger partial charge is 0.451 e. The van der Waals surface area contributed by atoms with Crippen LogP contribution in [-0.4, -0.2) is 28.2 Å². The Morgan fingerprint density at radius 1 is 1.50 bits per heavy atom. The molecule has 0 radical (unpaired) electrons. The third-order valence-corrected chi connectivity index (χ3v) is 4.77. The number of aliphatic carboxylic acids is 1. The standard InChI is InChI=1S/C13H17BBrNO4/c15-11-5-1-4-10-9(11)7-8(3-2-6-14(19)20)13(10,16)12(17)18/h1,4-5,8,19-20H,2-3,6-7,16H2,(H,17,18)/t8-,13+/m0/s1. The highest BCUT2D eigenvalue weighted by atomic mass is 79.9. The molecule has 108 valence electrons. The molecule has 0 spiro atoms. The van der Waals surface area contributed by atoms with Crippen molar-refractivity contribution >= 4 is 29.0 Å². The lowest BCUT2D eigenvalue weighted by Crippen LogP contribution is -2.48. The van der Waals surface area contributed by atoms with Crippen molar-refractivity contribution in [3.8, 4) is 0 Å². The maximum absolute atomic E-state index is 11.7. The lowest BCUT2D eigenvalue weighted by Gasteiger charge is -2.28. The summed E-state index contributed by atoms with van der Waals surface area (Å²) in [7, 11) is -1.36. The summed E-state index contributed by atoms with van der Waals surface area (Å²) in [6.07, 6.45) is 1.88. The molecule has 20 heavy (non-hydrogen) atoms. The van der Waals surface area contributed by atoms with E-state index >= 15 is 0 Å². The van der Waals surface area contributed by atoms with E-state index in [1.165, 1.54) is 0 Å². The number of hydrogen-bond donors (Lipinski definition) is 4. The molecular formula is C13H17BBrNO4. The Hall–Kier alpha value is -0.885. The Morgan fingerprint density at radius 3 is 2.80 bits per heavy atom. The first kappa shape index (κ1) is 15.5. The zero-order valence-corrected chi connectivity index (χ0v) is 12.5. The van der Waals surface area contributed by atoms with Gasteiger partial charge >= 0.3 is 13.1 Å². The van der Waals surface area contributed by atoms with E-state index in [0.717, 1.165) is 10.0 Å². The molecule has 1 aliphatic rings. The largest absolute Gasteiger partial charge is 0.480 e. The molecule has 0 saturated heterocycles. The van der Waals surface area contributed by atoms with E-state index < -0.39 is 18.6 Å². The summed E-state index contributed by atoms with van der Waals surface area (Å²) < 4.78 is 0.871. The number of halogens is 1. The molecule has 0 fully saturated rings. The van der Waals surface area contributed by atoms with E-state index in [0.29, 0.717) is 24.8 Å². The van der Waals surface area contributed by atoms with Crippen LogP contribution in [0.1, 0.15) is 24.0 Å². The maximum atomic E-state index is 11.7. The number of rotatable bonds is 5. The average molecular weight is 342 g/mol. The Labute approximate surface area is 126 Å². The SMILES string of the molecule is N[C@@]1(C(=O)O)c2cccc(Br)c2C[C@@H]1CCCB(O)O. The van der Waals surface area contributed by atoms with Crippen LogP contribution in [0.3, 0.4) is 0 Å². The van der Waals surface area contributed by atoms with Gasteiger partial charge < -0.3 is 20.9 Å². The fraction of sp³-hybridized carbons (Fsp3) is 0.462. The van der Waals surface area contributed by atoms with Gasteiger partial charge in [-0.05, 0) is 42.3 Å². The summed E-state index contributed by atoms with van der Waals surface area (Å²) >= 11 is 3.44. The molecule has 2 rings (SSSR count). The zero-order chi connectivity index (χ0) is 14.9. The van der Waals surface area contributed by atoms with E-state index in [2.05, 4.69) is 15.9 Å². The predicted molar refractivity (Wildman–Crippen MR) is 79.1 cm³/mol. The molecule has 0 bridgehead atoms. The van der Waals surface area contributed by atoms with Crippen LogP contribution in [0.4, 0.5) is 0 Å². The fourth-order valence-electron chi connectivity index (χ4n) is 2.95. The lowest BCUT2D eigenvalue weighted by molar-refractivity contribution is -0.145. The number of carboxylic acids is 1. The second-order valence-electron chi connectivity index (χ2n) is 5.25. The van der Waals surface area contributed by atoms with Gasteiger partial charge in [0.2, 0.25) is 0 Å². The number of benzene rings is 1. The summed E-state index contributed by atoms with van der Waals surface area (Å²) in [6, 6.07) is 5.42. The Balaban J connectivity index is 2.27. The Kier molecular flexibility index (Phi) is 4.54. The molecular weight excluding hydrogens is 325 g/mol. The topological polar surface area (TPSA) is 104 Å². The molecule has 2 atom stereocenters. The lowest BCUT2D eigenvalue weighted by atomic mass is 9.77. The first-order chi connectivity index (χ1) is 9.37. The van der Waals surface area contributed by atoms with Crippen molar-refractivity contribution < 1.29 is 19.9 Å². The average Bonchev–Trinajstić information content (AvgIpc) is 2.66. The molecule has 1 aromatic carbocycles. The number of fused-ring (bicyclic) bond motifs is 1. The highest BCUT2D eigenvalue weighted by molar-refractivity contribution is 9.10. The molecule has 0 heterocycles. The van der Waals surface area contributed by atoms with E-state index in [1.807, 2.05) is 6.07 Å². The van der Waals surface area contributed by atoms with Crippen molar-refractivity contribution in [2.75, 3.05) is 0 Å². The van der Waals surface area contributed by atoms with Crippen LogP contribution in [0.5, 0.6) is 0 Å².